The molecule has 2 heterocycles. The summed E-state index contributed by atoms with van der Waals surface area (Å²) < 4.78 is 0. The monoisotopic (exact) mass is 506 g/mol. The molecule has 0 bridgehead atoms. The van der Waals surface area contributed by atoms with Gasteiger partial charge in [-0.05, 0) is 51.8 Å². The Morgan fingerprint density at radius 1 is 1.08 bits per heavy atom. The van der Waals surface area contributed by atoms with Gasteiger partial charge in [0.25, 0.3) is 5.97 Å². The molecule has 0 aromatic carbocycles. The van der Waals surface area contributed by atoms with Gasteiger partial charge in [-0.15, -0.1) is 0 Å². The summed E-state index contributed by atoms with van der Waals surface area (Å²) in [4.78, 5) is 56.7. The summed E-state index contributed by atoms with van der Waals surface area (Å²) in [5, 5.41) is 10.1. The number of carboxylic acids is 1. The molecule has 0 aromatic rings. The van der Waals surface area contributed by atoms with Crippen LogP contribution in [0.4, 0.5) is 0 Å². The summed E-state index contributed by atoms with van der Waals surface area (Å²) in [5.41, 5.74) is 6.32. The second-order valence-electron chi connectivity index (χ2n) is 8.26. The van der Waals surface area contributed by atoms with Crippen molar-refractivity contribution in [3.8, 4) is 0 Å². The fraction of sp³-hybridized carbons (Fsp3) is 0.500. The maximum Gasteiger partial charge on any atom is 0.300 e. The van der Waals surface area contributed by atoms with Crippen LogP contribution in [0.5, 0.6) is 0 Å². The third-order valence-electron chi connectivity index (χ3n) is 5.16. The minimum atomic E-state index is -0.833. The van der Waals surface area contributed by atoms with Gasteiger partial charge in [0.1, 0.15) is 6.29 Å². The van der Waals surface area contributed by atoms with E-state index in [0.29, 0.717) is 25.8 Å². The predicted octanol–water partition coefficient (Wildman–Crippen LogP) is 1.69. The number of rotatable bonds is 8. The number of carbonyl (C=O) groups excluding carboxylic acids is 4. The molecule has 0 saturated carbocycles. The summed E-state index contributed by atoms with van der Waals surface area (Å²) >= 11 is 0. The number of nitrogens with two attached hydrogens (primary N) is 1. The van der Waals surface area contributed by atoms with Crippen LogP contribution in [-0.2, 0) is 24.0 Å². The molecule has 2 rings (SSSR count). The van der Waals surface area contributed by atoms with Crippen LogP contribution in [0.3, 0.4) is 0 Å². The summed E-state index contributed by atoms with van der Waals surface area (Å²) in [6.45, 7) is 15.4. The second kappa shape index (κ2) is 20.8. The molecule has 3 amide bonds. The zero-order chi connectivity index (χ0) is 28.1. The van der Waals surface area contributed by atoms with Gasteiger partial charge >= 0.3 is 0 Å². The van der Waals surface area contributed by atoms with Gasteiger partial charge in [0.2, 0.25) is 17.7 Å². The van der Waals surface area contributed by atoms with E-state index in [-0.39, 0.29) is 36.2 Å². The number of likely N-dealkylation sites (N-methyl/N-ethyl adjacent to an activating group) is 1. The van der Waals surface area contributed by atoms with Crippen LogP contribution >= 0.6 is 0 Å². The van der Waals surface area contributed by atoms with E-state index in [1.807, 2.05) is 24.9 Å². The molecule has 0 spiro atoms. The minimum absolute atomic E-state index is 0.0342. The highest BCUT2D eigenvalue weighted by Crippen LogP contribution is 2.19. The highest BCUT2D eigenvalue weighted by molar-refractivity contribution is 5.87. The molecule has 2 saturated heterocycles. The number of likely N-dealkylation sites (tertiary alicyclic amines) is 2. The van der Waals surface area contributed by atoms with Gasteiger partial charge in [-0.1, -0.05) is 43.5 Å². The lowest BCUT2D eigenvalue weighted by Crippen LogP contribution is -2.45. The molecule has 10 heteroatoms. The summed E-state index contributed by atoms with van der Waals surface area (Å²) in [5.74, 6) is -1.16. The normalized spacial score (nSPS) is 18.5. The molecule has 2 aliphatic rings. The molecular formula is C26H42N4O6. The number of aldehydes is 1. The predicted molar refractivity (Wildman–Crippen MR) is 141 cm³/mol. The molecule has 36 heavy (non-hydrogen) atoms. The highest BCUT2D eigenvalue weighted by Gasteiger charge is 2.30. The fourth-order valence-electron chi connectivity index (χ4n) is 3.40. The number of allylic oxidation sites excluding steroid dienone is 5. The molecule has 2 fully saturated rings. The number of amides is 3. The van der Waals surface area contributed by atoms with Crippen molar-refractivity contribution in [3.05, 3.63) is 49.6 Å². The minimum Gasteiger partial charge on any atom is -0.481 e. The zero-order valence-electron chi connectivity index (χ0n) is 21.8. The van der Waals surface area contributed by atoms with E-state index in [9.17, 15) is 14.4 Å². The lowest BCUT2D eigenvalue weighted by molar-refractivity contribution is -0.134. The number of hydrogen-bond donors (Lipinski definition) is 3. The number of carboxylic acid groups (broad SMARTS) is 1. The number of nitrogens with one attached hydrogen (secondary N) is 1. The van der Waals surface area contributed by atoms with Crippen molar-refractivity contribution in [2.24, 2.45) is 11.7 Å². The van der Waals surface area contributed by atoms with Gasteiger partial charge in [0, 0.05) is 26.4 Å². The summed E-state index contributed by atoms with van der Waals surface area (Å²) in [6.07, 6.45) is 10.3. The standard InChI is InChI=1S/C14H24N4O3.C7H10.C3H4O.C2H4O2/c1-17-5-2-3-11(17)14(21)16-8-13(20)18-6-4-10(9-18)7-12(15)19;1-4-6-7(3)5-2;1-2-3-4;1-2(3)4/h10-11H,2-9H2,1H3,(H2,15,19)(H,16,21);4-6H,1-2H2,3H3;2-3H,1H2;1H3,(H,3,4)/b;7-6-;;. The second-order valence-corrected chi connectivity index (χ2v) is 8.26. The van der Waals surface area contributed by atoms with Gasteiger partial charge in [-0.3, -0.25) is 28.9 Å². The first-order valence-electron chi connectivity index (χ1n) is 11.6. The molecule has 202 valence electrons. The Bertz CT molecular complexity index is 783. The summed E-state index contributed by atoms with van der Waals surface area (Å²) in [7, 11) is 1.92. The first-order valence-corrected chi connectivity index (χ1v) is 11.6. The van der Waals surface area contributed by atoms with Crippen LogP contribution < -0.4 is 11.1 Å². The largest absolute Gasteiger partial charge is 0.481 e. The smallest absolute Gasteiger partial charge is 0.300 e. The Balaban J connectivity index is 0. The van der Waals surface area contributed by atoms with E-state index in [4.69, 9.17) is 20.4 Å². The van der Waals surface area contributed by atoms with Crippen molar-refractivity contribution in [2.45, 2.75) is 45.6 Å². The number of carbonyl (C=O) groups is 5. The molecule has 10 nitrogen and oxygen atoms in total. The Morgan fingerprint density at radius 3 is 2.06 bits per heavy atom. The van der Waals surface area contributed by atoms with Crippen LogP contribution in [0, 0.1) is 5.92 Å². The van der Waals surface area contributed by atoms with E-state index in [1.54, 1.807) is 17.1 Å². The number of aliphatic carboxylic acids is 1. The van der Waals surface area contributed by atoms with Crippen molar-refractivity contribution in [1.29, 1.82) is 0 Å². The van der Waals surface area contributed by atoms with E-state index in [0.717, 1.165) is 38.3 Å². The zero-order valence-corrected chi connectivity index (χ0v) is 21.8. The van der Waals surface area contributed by atoms with Crippen LogP contribution in [0.1, 0.15) is 39.5 Å². The van der Waals surface area contributed by atoms with Crippen LogP contribution in [0.15, 0.2) is 49.6 Å². The Labute approximate surface area is 214 Å². The molecule has 0 aromatic heterocycles. The van der Waals surface area contributed by atoms with Gasteiger partial charge in [-0.2, -0.15) is 0 Å². The van der Waals surface area contributed by atoms with Gasteiger partial charge in [-0.25, -0.2) is 0 Å². The first kappa shape index (κ1) is 34.6. The Kier molecular flexibility index (Phi) is 20.0. The van der Waals surface area contributed by atoms with E-state index in [2.05, 4.69) is 25.1 Å². The third kappa shape index (κ3) is 17.9. The molecule has 0 radical (unpaired) electrons. The van der Waals surface area contributed by atoms with Crippen molar-refractivity contribution >= 4 is 30.0 Å². The quantitative estimate of drug-likeness (QED) is 0.257. The first-order chi connectivity index (χ1) is 16.9. The van der Waals surface area contributed by atoms with Gasteiger partial charge in [0.15, 0.2) is 0 Å². The van der Waals surface area contributed by atoms with E-state index >= 15 is 0 Å². The molecular weight excluding hydrogens is 464 g/mol. The Hall–Kier alpha value is -3.53. The van der Waals surface area contributed by atoms with Crippen molar-refractivity contribution < 1.29 is 29.1 Å². The average Bonchev–Trinajstić information content (AvgIpc) is 3.46. The summed E-state index contributed by atoms with van der Waals surface area (Å²) in [6, 6.07) is -0.112. The van der Waals surface area contributed by atoms with Gasteiger partial charge in [0.05, 0.1) is 12.6 Å². The lowest BCUT2D eigenvalue weighted by Gasteiger charge is -2.20. The number of primary amides is 1. The maximum absolute atomic E-state index is 12.1. The molecule has 4 N–H and O–H groups in total. The fourth-order valence-corrected chi connectivity index (χ4v) is 3.40. The molecule has 0 aliphatic carbocycles. The van der Waals surface area contributed by atoms with Crippen LogP contribution in [-0.4, -0.2) is 84.2 Å². The van der Waals surface area contributed by atoms with Crippen LogP contribution in [0.25, 0.3) is 0 Å². The van der Waals surface area contributed by atoms with Crippen molar-refractivity contribution in [3.63, 3.8) is 0 Å². The molecule has 2 aliphatic heterocycles. The Morgan fingerprint density at radius 2 is 1.67 bits per heavy atom. The average molecular weight is 507 g/mol. The SMILES string of the molecule is C=C/C=C(/C)C=C.C=CC=O.CC(=O)O.CN1CCCC1C(=O)NCC(=O)N1CCC(CC(N)=O)C1. The van der Waals surface area contributed by atoms with Crippen molar-refractivity contribution in [2.75, 3.05) is 33.2 Å². The number of nitrogens with zero attached hydrogens (tertiary/aromatic N) is 2. The molecule has 2 atom stereocenters. The lowest BCUT2D eigenvalue weighted by atomic mass is 10.1. The van der Waals surface area contributed by atoms with E-state index in [1.165, 1.54) is 6.08 Å². The highest BCUT2D eigenvalue weighted by atomic mass is 16.4. The van der Waals surface area contributed by atoms with Crippen molar-refractivity contribution in [1.82, 2.24) is 15.1 Å². The van der Waals surface area contributed by atoms with E-state index < -0.39 is 5.97 Å². The molecule has 2 unspecified atom stereocenters. The van der Waals surface area contributed by atoms with Gasteiger partial charge < -0.3 is 21.1 Å². The topological polar surface area (TPSA) is 150 Å². The third-order valence-corrected chi connectivity index (χ3v) is 5.16. The maximum atomic E-state index is 12.1. The van der Waals surface area contributed by atoms with Crippen LogP contribution in [0.2, 0.25) is 0 Å². The number of hydrogen-bond acceptors (Lipinski definition) is 6.